The Bertz CT molecular complexity index is 1170. The van der Waals surface area contributed by atoms with E-state index in [1.54, 1.807) is 7.11 Å². The number of ether oxygens (including phenoxy) is 1. The van der Waals surface area contributed by atoms with Crippen LogP contribution in [0.25, 0.3) is 39.6 Å². The molecule has 2 N–H and O–H groups in total. The van der Waals surface area contributed by atoms with E-state index in [1.165, 1.54) is 4.80 Å². The minimum atomic E-state index is 0.551. The van der Waals surface area contributed by atoms with Gasteiger partial charge in [0.15, 0.2) is 0 Å². The van der Waals surface area contributed by atoms with E-state index in [0.29, 0.717) is 5.82 Å². The monoisotopic (exact) mass is 382 g/mol. The van der Waals surface area contributed by atoms with Crippen LogP contribution >= 0.6 is 0 Å². The van der Waals surface area contributed by atoms with Gasteiger partial charge in [0.25, 0.3) is 0 Å². The molecule has 29 heavy (non-hydrogen) atoms. The zero-order chi connectivity index (χ0) is 19.6. The molecule has 3 heterocycles. The maximum Gasteiger partial charge on any atom is 0.206 e. The van der Waals surface area contributed by atoms with Crippen molar-refractivity contribution in [2.24, 2.45) is 0 Å². The Balaban J connectivity index is 1.66. The lowest BCUT2D eigenvalue weighted by Crippen LogP contribution is -1.99. The summed E-state index contributed by atoms with van der Waals surface area (Å²) in [6.07, 6.45) is 3.81. The fourth-order valence-electron chi connectivity index (χ4n) is 3.38. The predicted molar refractivity (Wildman–Crippen MR) is 111 cm³/mol. The van der Waals surface area contributed by atoms with Crippen LogP contribution in [-0.4, -0.2) is 37.3 Å². The van der Waals surface area contributed by atoms with Crippen molar-refractivity contribution in [2.75, 3.05) is 7.11 Å². The molecule has 0 fully saturated rings. The van der Waals surface area contributed by atoms with Crippen molar-refractivity contribution in [3.05, 3.63) is 79.1 Å². The van der Waals surface area contributed by atoms with Gasteiger partial charge in [-0.2, -0.15) is 0 Å². The van der Waals surface area contributed by atoms with Crippen LogP contribution in [0.4, 0.5) is 0 Å². The Morgan fingerprint density at radius 3 is 2.00 bits per heavy atom. The fraction of sp³-hybridized carbons (Fsp3) is 0.0455. The van der Waals surface area contributed by atoms with Gasteiger partial charge in [-0.15, -0.1) is 15.0 Å². The van der Waals surface area contributed by atoms with E-state index < -0.39 is 0 Å². The summed E-state index contributed by atoms with van der Waals surface area (Å²) in [6.45, 7) is 0. The van der Waals surface area contributed by atoms with Gasteiger partial charge < -0.3 is 14.7 Å². The predicted octanol–water partition coefficient (Wildman–Crippen LogP) is 4.33. The average molecular weight is 382 g/mol. The largest absolute Gasteiger partial charge is 0.497 e. The highest BCUT2D eigenvalue weighted by atomic mass is 16.5. The third kappa shape index (κ3) is 3.08. The highest BCUT2D eigenvalue weighted by Crippen LogP contribution is 2.37. The first-order chi connectivity index (χ1) is 14.3. The zero-order valence-electron chi connectivity index (χ0n) is 15.7. The van der Waals surface area contributed by atoms with Gasteiger partial charge in [-0.1, -0.05) is 18.2 Å². The van der Waals surface area contributed by atoms with Crippen LogP contribution in [0.1, 0.15) is 0 Å². The molecule has 0 atom stereocenters. The number of tetrazole rings is 1. The first-order valence-corrected chi connectivity index (χ1v) is 9.19. The van der Waals surface area contributed by atoms with Gasteiger partial charge in [0.2, 0.25) is 5.82 Å². The van der Waals surface area contributed by atoms with Crippen molar-refractivity contribution >= 4 is 0 Å². The highest BCUT2D eigenvalue weighted by molar-refractivity contribution is 5.90. The number of aromatic amines is 2. The normalized spacial score (nSPS) is 10.9. The number of hydrogen-bond donors (Lipinski definition) is 2. The Morgan fingerprint density at radius 2 is 1.45 bits per heavy atom. The standard InChI is InChI=1S/C22H18N6O/c1-29-16-11-9-15(10-12-16)28-26-22(25-27-28)21-17(19-7-3-13-23-19)5-2-6-18(21)20-8-4-14-24-20/h2-14,23-24H,1H3. The number of hydrogen-bond acceptors (Lipinski definition) is 4. The summed E-state index contributed by atoms with van der Waals surface area (Å²) in [7, 11) is 1.64. The molecular formula is C22H18N6O. The molecule has 0 aliphatic heterocycles. The van der Waals surface area contributed by atoms with Gasteiger partial charge in [0, 0.05) is 40.5 Å². The molecule has 0 amide bonds. The summed E-state index contributed by atoms with van der Waals surface area (Å²) in [5.41, 5.74) is 5.73. The summed E-state index contributed by atoms with van der Waals surface area (Å²) >= 11 is 0. The van der Waals surface area contributed by atoms with Crippen molar-refractivity contribution in [3.8, 4) is 45.3 Å². The van der Waals surface area contributed by atoms with E-state index in [2.05, 4.69) is 37.5 Å². The third-order valence-electron chi connectivity index (χ3n) is 4.78. The maximum atomic E-state index is 5.22. The second kappa shape index (κ2) is 7.12. The van der Waals surface area contributed by atoms with Crippen LogP contribution in [0.5, 0.6) is 5.75 Å². The maximum absolute atomic E-state index is 5.22. The molecule has 0 aliphatic carbocycles. The third-order valence-corrected chi connectivity index (χ3v) is 4.78. The molecule has 7 nitrogen and oxygen atoms in total. The SMILES string of the molecule is COc1ccc(-n2nnc(-c3c(-c4ccc[nH]4)cccc3-c3ccc[nH]3)n2)cc1. The average Bonchev–Trinajstić information content (AvgIpc) is 3.56. The lowest BCUT2D eigenvalue weighted by atomic mass is 9.96. The summed E-state index contributed by atoms with van der Waals surface area (Å²) in [4.78, 5) is 8.09. The minimum Gasteiger partial charge on any atom is -0.497 e. The molecule has 0 bridgehead atoms. The van der Waals surface area contributed by atoms with Gasteiger partial charge >= 0.3 is 0 Å². The summed E-state index contributed by atoms with van der Waals surface area (Å²) in [6, 6.07) is 21.7. The summed E-state index contributed by atoms with van der Waals surface area (Å²) < 4.78 is 5.22. The number of nitrogens with one attached hydrogen (secondary N) is 2. The number of benzene rings is 2. The van der Waals surface area contributed by atoms with E-state index in [9.17, 15) is 0 Å². The van der Waals surface area contributed by atoms with Gasteiger partial charge in [-0.25, -0.2) is 0 Å². The number of nitrogens with zero attached hydrogens (tertiary/aromatic N) is 4. The quantitative estimate of drug-likeness (QED) is 0.474. The topological polar surface area (TPSA) is 84.4 Å². The molecule has 0 radical (unpaired) electrons. The Morgan fingerprint density at radius 1 is 0.793 bits per heavy atom. The number of methoxy groups -OCH3 is 1. The molecular weight excluding hydrogens is 364 g/mol. The zero-order valence-corrected chi connectivity index (χ0v) is 15.7. The minimum absolute atomic E-state index is 0.551. The number of rotatable bonds is 5. The van der Waals surface area contributed by atoms with Gasteiger partial charge in [-0.3, -0.25) is 0 Å². The molecule has 7 heteroatoms. The first-order valence-electron chi connectivity index (χ1n) is 9.19. The lowest BCUT2D eigenvalue weighted by molar-refractivity contribution is 0.414. The first kappa shape index (κ1) is 17.0. The Labute approximate surface area is 167 Å². The van der Waals surface area contributed by atoms with E-state index in [-0.39, 0.29) is 0 Å². The molecule has 2 aromatic carbocycles. The van der Waals surface area contributed by atoms with E-state index in [0.717, 1.165) is 39.5 Å². The smallest absolute Gasteiger partial charge is 0.206 e. The lowest BCUT2D eigenvalue weighted by Gasteiger charge is -2.10. The van der Waals surface area contributed by atoms with Crippen LogP contribution in [0.3, 0.4) is 0 Å². The van der Waals surface area contributed by atoms with E-state index in [1.807, 2.05) is 67.0 Å². The van der Waals surface area contributed by atoms with Crippen LogP contribution in [0, 0.1) is 0 Å². The fourth-order valence-corrected chi connectivity index (χ4v) is 3.38. The number of H-pyrrole nitrogens is 2. The molecule has 0 saturated heterocycles. The van der Waals surface area contributed by atoms with Gasteiger partial charge in [0.1, 0.15) is 5.75 Å². The second-order valence-electron chi connectivity index (χ2n) is 6.50. The van der Waals surface area contributed by atoms with Crippen molar-refractivity contribution in [2.45, 2.75) is 0 Å². The van der Waals surface area contributed by atoms with Crippen LogP contribution < -0.4 is 4.74 Å². The number of aromatic nitrogens is 6. The second-order valence-corrected chi connectivity index (χ2v) is 6.50. The van der Waals surface area contributed by atoms with Crippen molar-refractivity contribution in [1.82, 2.24) is 30.2 Å². The molecule has 0 saturated carbocycles. The van der Waals surface area contributed by atoms with Crippen molar-refractivity contribution < 1.29 is 4.74 Å². The molecule has 0 spiro atoms. The van der Waals surface area contributed by atoms with E-state index >= 15 is 0 Å². The van der Waals surface area contributed by atoms with Crippen molar-refractivity contribution in [3.63, 3.8) is 0 Å². The Kier molecular flexibility index (Phi) is 4.18. The Hall–Kier alpha value is -4.13. The molecule has 0 unspecified atom stereocenters. The van der Waals surface area contributed by atoms with E-state index in [4.69, 9.17) is 4.74 Å². The highest BCUT2D eigenvalue weighted by Gasteiger charge is 2.19. The van der Waals surface area contributed by atoms with Gasteiger partial charge in [-0.05, 0) is 53.7 Å². The summed E-state index contributed by atoms with van der Waals surface area (Å²) in [5.74, 6) is 1.33. The molecule has 5 rings (SSSR count). The van der Waals surface area contributed by atoms with Crippen LogP contribution in [0.15, 0.2) is 79.1 Å². The van der Waals surface area contributed by atoms with Crippen LogP contribution in [0.2, 0.25) is 0 Å². The molecule has 5 aromatic rings. The van der Waals surface area contributed by atoms with Crippen molar-refractivity contribution in [1.29, 1.82) is 0 Å². The molecule has 3 aromatic heterocycles. The molecule has 0 aliphatic rings. The molecule has 142 valence electrons. The van der Waals surface area contributed by atoms with Gasteiger partial charge in [0.05, 0.1) is 12.8 Å². The summed E-state index contributed by atoms with van der Waals surface area (Å²) in [5, 5.41) is 13.3. The van der Waals surface area contributed by atoms with Crippen LogP contribution in [-0.2, 0) is 0 Å².